The van der Waals surface area contributed by atoms with E-state index in [2.05, 4.69) is 15.5 Å². The molecule has 0 bridgehead atoms. The number of nitrogens with one attached hydrogen (secondary N) is 2. The second kappa shape index (κ2) is 6.18. The third-order valence-electron chi connectivity index (χ3n) is 3.05. The minimum absolute atomic E-state index is 0.0514. The van der Waals surface area contributed by atoms with Gasteiger partial charge in [0.2, 0.25) is 0 Å². The molecule has 1 heterocycles. The number of hydrogen-bond acceptors (Lipinski definition) is 3. The summed E-state index contributed by atoms with van der Waals surface area (Å²) in [4.78, 5) is 11.8. The van der Waals surface area contributed by atoms with Gasteiger partial charge in [0, 0.05) is 12.2 Å². The van der Waals surface area contributed by atoms with Gasteiger partial charge in [-0.1, -0.05) is 0 Å². The minimum Gasteiger partial charge on any atom is -0.507 e. The zero-order chi connectivity index (χ0) is 14.5. The molecule has 6 heteroatoms. The molecular weight excluding hydrogens is 261 g/mol. The molecule has 3 N–H and O–H groups in total. The quantitative estimate of drug-likeness (QED) is 0.731. The highest BCUT2D eigenvalue weighted by Gasteiger charge is 2.11. The van der Waals surface area contributed by atoms with Crippen molar-refractivity contribution >= 4 is 5.91 Å². The molecule has 1 aromatic heterocycles. The van der Waals surface area contributed by atoms with Gasteiger partial charge in [-0.05, 0) is 43.5 Å². The van der Waals surface area contributed by atoms with E-state index in [-0.39, 0.29) is 11.3 Å². The highest BCUT2D eigenvalue weighted by atomic mass is 19.1. The summed E-state index contributed by atoms with van der Waals surface area (Å²) >= 11 is 0. The number of phenolic OH excluding ortho intramolecular Hbond substituents is 1. The summed E-state index contributed by atoms with van der Waals surface area (Å²) in [7, 11) is 0. The molecule has 1 amide bonds. The van der Waals surface area contributed by atoms with Crippen LogP contribution in [0.5, 0.6) is 5.75 Å². The molecule has 0 atom stereocenters. The normalized spacial score (nSPS) is 10.5. The molecule has 0 aliphatic rings. The summed E-state index contributed by atoms with van der Waals surface area (Å²) in [6.07, 6.45) is 3.29. The summed E-state index contributed by atoms with van der Waals surface area (Å²) in [6, 6.07) is 3.29. The topological polar surface area (TPSA) is 78.0 Å². The number of carbonyl (C=O) groups excluding carboxylic acids is 1. The standard InChI is InChI=1S/C14H16FN3O2/c1-9-10(8-17-18-9)3-2-6-16-14(20)12-7-11(15)4-5-13(12)19/h4-5,7-8,19H,2-3,6H2,1H3,(H,16,20)(H,17,18). The minimum atomic E-state index is -0.554. The van der Waals surface area contributed by atoms with E-state index >= 15 is 0 Å². The molecule has 0 radical (unpaired) electrons. The van der Waals surface area contributed by atoms with Crippen molar-refractivity contribution in [1.29, 1.82) is 0 Å². The second-order valence-electron chi connectivity index (χ2n) is 4.54. The molecule has 0 saturated heterocycles. The van der Waals surface area contributed by atoms with Crippen LogP contribution in [0.4, 0.5) is 4.39 Å². The van der Waals surface area contributed by atoms with Gasteiger partial charge in [-0.15, -0.1) is 0 Å². The van der Waals surface area contributed by atoms with Crippen molar-refractivity contribution in [2.75, 3.05) is 6.54 Å². The Morgan fingerprint density at radius 2 is 2.30 bits per heavy atom. The van der Waals surface area contributed by atoms with E-state index in [1.165, 1.54) is 6.07 Å². The lowest BCUT2D eigenvalue weighted by molar-refractivity contribution is 0.0950. The maximum atomic E-state index is 13.0. The first kappa shape index (κ1) is 14.0. The molecule has 0 fully saturated rings. The number of carbonyl (C=O) groups is 1. The Kier molecular flexibility index (Phi) is 4.34. The van der Waals surface area contributed by atoms with Crippen LogP contribution in [-0.4, -0.2) is 27.8 Å². The predicted molar refractivity (Wildman–Crippen MR) is 72.0 cm³/mol. The summed E-state index contributed by atoms with van der Waals surface area (Å²) < 4.78 is 13.0. The molecular formula is C14H16FN3O2. The molecule has 0 unspecified atom stereocenters. The van der Waals surface area contributed by atoms with Crippen LogP contribution in [0.15, 0.2) is 24.4 Å². The van der Waals surface area contributed by atoms with Gasteiger partial charge >= 0.3 is 0 Å². The molecule has 2 rings (SSSR count). The van der Waals surface area contributed by atoms with Crippen LogP contribution in [0.1, 0.15) is 28.0 Å². The van der Waals surface area contributed by atoms with E-state index in [0.717, 1.165) is 36.2 Å². The number of halogens is 1. The van der Waals surface area contributed by atoms with Crippen molar-refractivity contribution in [3.8, 4) is 5.75 Å². The summed E-state index contributed by atoms with van der Waals surface area (Å²) in [5.41, 5.74) is 2.07. The number of aromatic hydroxyl groups is 1. The Bertz CT molecular complexity index is 610. The van der Waals surface area contributed by atoms with Crippen molar-refractivity contribution in [3.63, 3.8) is 0 Å². The second-order valence-corrected chi connectivity index (χ2v) is 4.54. The third-order valence-corrected chi connectivity index (χ3v) is 3.05. The molecule has 0 aliphatic heterocycles. The average Bonchev–Trinajstić information content (AvgIpc) is 2.83. The Labute approximate surface area is 115 Å². The number of aryl methyl sites for hydroxylation is 2. The summed E-state index contributed by atoms with van der Waals surface area (Å²) in [5.74, 6) is -1.26. The van der Waals surface area contributed by atoms with Crippen molar-refractivity contribution in [2.24, 2.45) is 0 Å². The van der Waals surface area contributed by atoms with Gasteiger partial charge in [-0.3, -0.25) is 9.89 Å². The number of aromatic amines is 1. The van der Waals surface area contributed by atoms with E-state index in [0.29, 0.717) is 6.54 Å². The highest BCUT2D eigenvalue weighted by molar-refractivity contribution is 5.96. The zero-order valence-electron chi connectivity index (χ0n) is 11.1. The lowest BCUT2D eigenvalue weighted by Gasteiger charge is -2.06. The van der Waals surface area contributed by atoms with Gasteiger partial charge < -0.3 is 10.4 Å². The van der Waals surface area contributed by atoms with Crippen molar-refractivity contribution in [3.05, 3.63) is 47.0 Å². The van der Waals surface area contributed by atoms with E-state index in [1.807, 2.05) is 6.92 Å². The van der Waals surface area contributed by atoms with E-state index in [1.54, 1.807) is 6.20 Å². The van der Waals surface area contributed by atoms with Crippen LogP contribution in [0.3, 0.4) is 0 Å². The van der Waals surface area contributed by atoms with Crippen LogP contribution in [-0.2, 0) is 6.42 Å². The fraction of sp³-hybridized carbons (Fsp3) is 0.286. The smallest absolute Gasteiger partial charge is 0.255 e. The number of nitrogens with zero attached hydrogens (tertiary/aromatic N) is 1. The fourth-order valence-electron chi connectivity index (χ4n) is 1.89. The molecule has 1 aromatic carbocycles. The van der Waals surface area contributed by atoms with Crippen LogP contribution in [0.25, 0.3) is 0 Å². The number of hydrogen-bond donors (Lipinski definition) is 3. The van der Waals surface area contributed by atoms with Crippen LogP contribution in [0, 0.1) is 12.7 Å². The maximum absolute atomic E-state index is 13.0. The number of aromatic nitrogens is 2. The van der Waals surface area contributed by atoms with E-state index < -0.39 is 11.7 Å². The van der Waals surface area contributed by atoms with Crippen LogP contribution < -0.4 is 5.32 Å². The number of phenols is 1. The van der Waals surface area contributed by atoms with Gasteiger partial charge in [-0.2, -0.15) is 5.10 Å². The van der Waals surface area contributed by atoms with E-state index in [4.69, 9.17) is 0 Å². The first-order valence-corrected chi connectivity index (χ1v) is 6.33. The largest absolute Gasteiger partial charge is 0.507 e. The molecule has 2 aromatic rings. The maximum Gasteiger partial charge on any atom is 0.255 e. The number of amides is 1. The monoisotopic (exact) mass is 277 g/mol. The molecule has 106 valence electrons. The average molecular weight is 277 g/mol. The number of benzene rings is 1. The van der Waals surface area contributed by atoms with Gasteiger partial charge in [-0.25, -0.2) is 4.39 Å². The Morgan fingerprint density at radius 3 is 3.00 bits per heavy atom. The molecule has 20 heavy (non-hydrogen) atoms. The van der Waals surface area contributed by atoms with Gasteiger partial charge in [0.05, 0.1) is 11.8 Å². The first-order valence-electron chi connectivity index (χ1n) is 6.33. The molecule has 0 spiro atoms. The van der Waals surface area contributed by atoms with Gasteiger partial charge in [0.1, 0.15) is 11.6 Å². The predicted octanol–water partition coefficient (Wildman–Crippen LogP) is 1.93. The van der Waals surface area contributed by atoms with Crippen molar-refractivity contribution < 1.29 is 14.3 Å². The zero-order valence-corrected chi connectivity index (χ0v) is 11.1. The highest BCUT2D eigenvalue weighted by Crippen LogP contribution is 2.17. The third kappa shape index (κ3) is 3.34. The van der Waals surface area contributed by atoms with Crippen LogP contribution in [0.2, 0.25) is 0 Å². The SMILES string of the molecule is Cc1[nH]ncc1CCCNC(=O)c1cc(F)ccc1O. The lowest BCUT2D eigenvalue weighted by atomic mass is 10.1. The number of rotatable bonds is 5. The van der Waals surface area contributed by atoms with Crippen LogP contribution >= 0.6 is 0 Å². The van der Waals surface area contributed by atoms with Gasteiger partial charge in [0.25, 0.3) is 5.91 Å². The van der Waals surface area contributed by atoms with Gasteiger partial charge in [0.15, 0.2) is 0 Å². The lowest BCUT2D eigenvalue weighted by Crippen LogP contribution is -2.25. The van der Waals surface area contributed by atoms with Crippen molar-refractivity contribution in [1.82, 2.24) is 15.5 Å². The Hall–Kier alpha value is -2.37. The number of H-pyrrole nitrogens is 1. The fourth-order valence-corrected chi connectivity index (χ4v) is 1.89. The molecule has 0 saturated carbocycles. The Balaban J connectivity index is 1.83. The molecule has 0 aliphatic carbocycles. The van der Waals surface area contributed by atoms with Crippen molar-refractivity contribution in [2.45, 2.75) is 19.8 Å². The van der Waals surface area contributed by atoms with E-state index in [9.17, 15) is 14.3 Å². The summed E-state index contributed by atoms with van der Waals surface area (Å²) in [6.45, 7) is 2.38. The summed E-state index contributed by atoms with van der Waals surface area (Å²) in [5, 5.41) is 18.9. The Morgan fingerprint density at radius 1 is 1.50 bits per heavy atom. The first-order chi connectivity index (χ1) is 9.58. The molecule has 5 nitrogen and oxygen atoms in total.